The molecule has 1 fully saturated rings. The van der Waals surface area contributed by atoms with E-state index in [2.05, 4.69) is 0 Å². The number of aliphatic hydroxyl groups is 1. The van der Waals surface area contributed by atoms with E-state index < -0.39 is 0 Å². The zero-order valence-corrected chi connectivity index (χ0v) is 8.32. The summed E-state index contributed by atoms with van der Waals surface area (Å²) in [4.78, 5) is 2.03. The van der Waals surface area contributed by atoms with E-state index in [0.29, 0.717) is 0 Å². The Balaban J connectivity index is 2.60. The lowest BCUT2D eigenvalue weighted by Crippen LogP contribution is -2.53. The molecule has 4 atom stereocenters. The molecule has 1 aliphatic heterocycles. The van der Waals surface area contributed by atoms with Crippen LogP contribution in [0.25, 0.3) is 0 Å². The Morgan fingerprint density at radius 2 is 1.92 bits per heavy atom. The fourth-order valence-corrected chi connectivity index (χ4v) is 2.06. The van der Waals surface area contributed by atoms with Crippen LogP contribution in [0.2, 0.25) is 0 Å². The zero-order chi connectivity index (χ0) is 9.30. The molecule has 0 radical (unpaired) electrons. The topological polar surface area (TPSA) is 32.7 Å². The number of nitrogens with zero attached hydrogens (tertiary/aromatic N) is 1. The van der Waals surface area contributed by atoms with Gasteiger partial charge in [0.15, 0.2) is 0 Å². The minimum absolute atomic E-state index is 0.124. The molecule has 1 aliphatic rings. The van der Waals surface area contributed by atoms with E-state index in [1.165, 1.54) is 0 Å². The van der Waals surface area contributed by atoms with Crippen molar-refractivity contribution in [2.75, 3.05) is 14.1 Å². The summed E-state index contributed by atoms with van der Waals surface area (Å²) in [6, 6.07) is 0.140. The van der Waals surface area contributed by atoms with Gasteiger partial charge in [-0.1, -0.05) is 0 Å². The van der Waals surface area contributed by atoms with Crippen molar-refractivity contribution in [1.29, 1.82) is 0 Å². The summed E-state index contributed by atoms with van der Waals surface area (Å²) in [5.74, 6) is 0. The van der Waals surface area contributed by atoms with Crippen molar-refractivity contribution in [1.82, 2.24) is 4.90 Å². The minimum atomic E-state index is -0.251. The van der Waals surface area contributed by atoms with Crippen LogP contribution in [0.4, 0.5) is 0 Å². The SMILES string of the molecule is CC1CC(O)C(N(C)C)C(C)O1. The van der Waals surface area contributed by atoms with Gasteiger partial charge in [-0.25, -0.2) is 0 Å². The van der Waals surface area contributed by atoms with E-state index in [4.69, 9.17) is 4.74 Å². The molecule has 3 nitrogen and oxygen atoms in total. The summed E-state index contributed by atoms with van der Waals surface area (Å²) in [6.45, 7) is 4.02. The number of hydrogen-bond donors (Lipinski definition) is 1. The van der Waals surface area contributed by atoms with Gasteiger partial charge in [0.25, 0.3) is 0 Å². The van der Waals surface area contributed by atoms with Crippen molar-refractivity contribution in [3.05, 3.63) is 0 Å². The van der Waals surface area contributed by atoms with Gasteiger partial charge in [-0.2, -0.15) is 0 Å². The molecule has 1 N–H and O–H groups in total. The van der Waals surface area contributed by atoms with Crippen LogP contribution >= 0.6 is 0 Å². The van der Waals surface area contributed by atoms with Gasteiger partial charge in [0.1, 0.15) is 0 Å². The van der Waals surface area contributed by atoms with Crippen molar-refractivity contribution >= 4 is 0 Å². The molecule has 0 amide bonds. The number of ether oxygens (including phenoxy) is 1. The van der Waals surface area contributed by atoms with Crippen molar-refractivity contribution in [2.45, 2.75) is 44.6 Å². The maximum absolute atomic E-state index is 9.76. The molecular weight excluding hydrogens is 154 g/mol. The van der Waals surface area contributed by atoms with Crippen molar-refractivity contribution < 1.29 is 9.84 Å². The van der Waals surface area contributed by atoms with E-state index in [-0.39, 0.29) is 24.4 Å². The summed E-state index contributed by atoms with van der Waals surface area (Å²) >= 11 is 0. The molecule has 1 saturated heterocycles. The van der Waals surface area contributed by atoms with Crippen LogP contribution in [0.1, 0.15) is 20.3 Å². The van der Waals surface area contributed by atoms with E-state index >= 15 is 0 Å². The first-order valence-corrected chi connectivity index (χ1v) is 4.52. The molecule has 1 rings (SSSR count). The fraction of sp³-hybridized carbons (Fsp3) is 1.00. The molecule has 0 aromatic rings. The van der Waals surface area contributed by atoms with Crippen LogP contribution in [0.3, 0.4) is 0 Å². The second kappa shape index (κ2) is 3.73. The number of hydrogen-bond acceptors (Lipinski definition) is 3. The van der Waals surface area contributed by atoms with Gasteiger partial charge in [0, 0.05) is 6.42 Å². The van der Waals surface area contributed by atoms with E-state index in [1.54, 1.807) is 0 Å². The highest BCUT2D eigenvalue weighted by Crippen LogP contribution is 2.22. The van der Waals surface area contributed by atoms with Crippen molar-refractivity contribution in [2.24, 2.45) is 0 Å². The van der Waals surface area contributed by atoms with E-state index in [9.17, 15) is 5.11 Å². The smallest absolute Gasteiger partial charge is 0.0745 e. The average Bonchev–Trinajstić information content (AvgIpc) is 1.82. The highest BCUT2D eigenvalue weighted by molar-refractivity contribution is 4.87. The standard InChI is InChI=1S/C9H19NO2/c1-6-5-8(11)9(10(3)4)7(2)12-6/h6-9,11H,5H2,1-4H3. The van der Waals surface area contributed by atoms with Crippen LogP contribution in [0.15, 0.2) is 0 Å². The second-order valence-electron chi connectivity index (χ2n) is 3.91. The third-order valence-corrected chi connectivity index (χ3v) is 2.49. The molecule has 0 saturated carbocycles. The number of aliphatic hydroxyl groups excluding tert-OH is 1. The van der Waals surface area contributed by atoms with Gasteiger partial charge in [-0.05, 0) is 27.9 Å². The molecule has 0 aromatic carbocycles. The molecule has 0 aromatic heterocycles. The Bertz CT molecular complexity index is 137. The van der Waals surface area contributed by atoms with Gasteiger partial charge in [0.05, 0.1) is 24.4 Å². The Labute approximate surface area is 74.3 Å². The number of likely N-dealkylation sites (N-methyl/N-ethyl adjacent to an activating group) is 1. The maximum atomic E-state index is 9.76. The predicted molar refractivity (Wildman–Crippen MR) is 48.1 cm³/mol. The monoisotopic (exact) mass is 173 g/mol. The third-order valence-electron chi connectivity index (χ3n) is 2.49. The van der Waals surface area contributed by atoms with Crippen LogP contribution in [-0.4, -0.2) is 48.5 Å². The van der Waals surface area contributed by atoms with Gasteiger partial charge in [0.2, 0.25) is 0 Å². The third kappa shape index (κ3) is 1.97. The summed E-state index contributed by atoms with van der Waals surface area (Å²) in [5.41, 5.74) is 0. The lowest BCUT2D eigenvalue weighted by atomic mass is 9.96. The van der Waals surface area contributed by atoms with Gasteiger partial charge in [-0.3, -0.25) is 0 Å². The first kappa shape index (κ1) is 9.96. The molecule has 0 bridgehead atoms. The lowest BCUT2D eigenvalue weighted by molar-refractivity contribution is -0.126. The first-order chi connectivity index (χ1) is 5.52. The average molecular weight is 173 g/mol. The second-order valence-corrected chi connectivity index (χ2v) is 3.91. The summed E-state index contributed by atoms with van der Waals surface area (Å²) < 4.78 is 5.63. The van der Waals surface area contributed by atoms with Gasteiger partial charge in [-0.15, -0.1) is 0 Å². The first-order valence-electron chi connectivity index (χ1n) is 4.52. The zero-order valence-electron chi connectivity index (χ0n) is 8.32. The van der Waals surface area contributed by atoms with Gasteiger partial charge < -0.3 is 14.7 Å². The molecule has 4 unspecified atom stereocenters. The Morgan fingerprint density at radius 3 is 2.33 bits per heavy atom. The highest BCUT2D eigenvalue weighted by Gasteiger charge is 2.34. The van der Waals surface area contributed by atoms with Gasteiger partial charge >= 0.3 is 0 Å². The lowest BCUT2D eigenvalue weighted by Gasteiger charge is -2.40. The quantitative estimate of drug-likeness (QED) is 0.626. The largest absolute Gasteiger partial charge is 0.391 e. The molecule has 0 spiro atoms. The summed E-state index contributed by atoms with van der Waals surface area (Å²) in [7, 11) is 3.95. The Morgan fingerprint density at radius 1 is 1.33 bits per heavy atom. The molecule has 12 heavy (non-hydrogen) atoms. The van der Waals surface area contributed by atoms with Crippen LogP contribution in [0, 0.1) is 0 Å². The number of rotatable bonds is 1. The minimum Gasteiger partial charge on any atom is -0.391 e. The van der Waals surface area contributed by atoms with Crippen molar-refractivity contribution in [3.8, 4) is 0 Å². The Hall–Kier alpha value is -0.120. The van der Waals surface area contributed by atoms with Crippen molar-refractivity contribution in [3.63, 3.8) is 0 Å². The molecule has 3 heteroatoms. The molecule has 72 valence electrons. The Kier molecular flexibility index (Phi) is 3.09. The van der Waals surface area contributed by atoms with E-state index in [1.807, 2.05) is 32.8 Å². The van der Waals surface area contributed by atoms with Crippen LogP contribution in [0.5, 0.6) is 0 Å². The molecular formula is C9H19NO2. The van der Waals surface area contributed by atoms with E-state index in [0.717, 1.165) is 6.42 Å². The van der Waals surface area contributed by atoms with Crippen LogP contribution in [-0.2, 0) is 4.74 Å². The van der Waals surface area contributed by atoms with Crippen LogP contribution < -0.4 is 0 Å². The maximum Gasteiger partial charge on any atom is 0.0745 e. The molecule has 1 heterocycles. The fourth-order valence-electron chi connectivity index (χ4n) is 2.06. The molecule has 0 aliphatic carbocycles. The summed E-state index contributed by atoms with van der Waals surface area (Å²) in [5, 5.41) is 9.76. The highest BCUT2D eigenvalue weighted by atomic mass is 16.5. The normalized spacial score (nSPS) is 43.5. The summed E-state index contributed by atoms with van der Waals surface area (Å²) in [6.07, 6.45) is 0.802. The predicted octanol–water partition coefficient (Wildman–Crippen LogP) is 0.475.